The van der Waals surface area contributed by atoms with Crippen LogP contribution in [0.1, 0.15) is 33.7 Å². The average molecular weight is 367 g/mol. The SMILES string of the molecule is N#CB1CCc2cc(O)c(Oc3ccc(C(=O)O)c(F)c3)cc2C1CC=O. The molecule has 2 aromatic rings. The van der Waals surface area contributed by atoms with Gasteiger partial charge >= 0.3 is 5.97 Å². The van der Waals surface area contributed by atoms with Crippen LogP contribution < -0.4 is 4.74 Å². The molecule has 8 heteroatoms. The monoisotopic (exact) mass is 367 g/mol. The number of nitriles is 1. The van der Waals surface area contributed by atoms with Gasteiger partial charge in [0.15, 0.2) is 11.5 Å². The molecule has 3 rings (SSSR count). The molecule has 2 aromatic carbocycles. The third-order valence-corrected chi connectivity index (χ3v) is 4.75. The van der Waals surface area contributed by atoms with Crippen molar-refractivity contribution in [2.45, 2.75) is 25.0 Å². The van der Waals surface area contributed by atoms with Gasteiger partial charge in [-0.05, 0) is 47.6 Å². The van der Waals surface area contributed by atoms with Crippen LogP contribution in [0, 0.1) is 17.0 Å². The first-order valence-electron chi connectivity index (χ1n) is 8.34. The Morgan fingerprint density at radius 3 is 2.81 bits per heavy atom. The maximum Gasteiger partial charge on any atom is 0.338 e. The Hall–Kier alpha value is -3.34. The number of phenols is 1. The Kier molecular flexibility index (Phi) is 5.13. The van der Waals surface area contributed by atoms with E-state index in [0.717, 1.165) is 29.5 Å². The molecule has 2 N–H and O–H groups in total. The number of carbonyl (C=O) groups is 2. The molecule has 0 bridgehead atoms. The quantitative estimate of drug-likeness (QED) is 0.620. The molecular formula is C19H15BFNO5. The molecule has 27 heavy (non-hydrogen) atoms. The van der Waals surface area contributed by atoms with Crippen LogP contribution in [0.15, 0.2) is 30.3 Å². The lowest BCUT2D eigenvalue weighted by atomic mass is 9.35. The molecule has 0 fully saturated rings. The molecule has 0 aromatic heterocycles. The normalized spacial score (nSPS) is 15.6. The number of carbonyl (C=O) groups excluding carboxylic acids is 1. The van der Waals surface area contributed by atoms with Crippen molar-refractivity contribution in [1.82, 2.24) is 0 Å². The smallest absolute Gasteiger partial charge is 0.338 e. The van der Waals surface area contributed by atoms with E-state index in [2.05, 4.69) is 5.97 Å². The molecule has 0 spiro atoms. The fraction of sp³-hybridized carbons (Fsp3) is 0.211. The fourth-order valence-electron chi connectivity index (χ4n) is 3.41. The molecule has 136 valence electrons. The zero-order valence-corrected chi connectivity index (χ0v) is 14.2. The highest BCUT2D eigenvalue weighted by atomic mass is 19.1. The minimum Gasteiger partial charge on any atom is -0.504 e. The minimum absolute atomic E-state index is 0.0207. The highest BCUT2D eigenvalue weighted by Crippen LogP contribution is 2.41. The second-order valence-electron chi connectivity index (χ2n) is 6.35. The number of aromatic carboxylic acids is 1. The number of phenolic OH excluding ortho intramolecular Hbond substituents is 1. The van der Waals surface area contributed by atoms with Gasteiger partial charge in [-0.25, -0.2) is 14.4 Å². The van der Waals surface area contributed by atoms with Crippen molar-refractivity contribution in [3.63, 3.8) is 0 Å². The number of halogens is 1. The van der Waals surface area contributed by atoms with Gasteiger partial charge in [-0.1, -0.05) is 6.32 Å². The summed E-state index contributed by atoms with van der Waals surface area (Å²) in [7, 11) is 0. The molecule has 0 aliphatic carbocycles. The average Bonchev–Trinajstić information content (AvgIpc) is 2.63. The first kappa shape index (κ1) is 18.5. The lowest BCUT2D eigenvalue weighted by Gasteiger charge is -2.27. The van der Waals surface area contributed by atoms with Crippen molar-refractivity contribution in [1.29, 1.82) is 5.26 Å². The number of hydrogen-bond acceptors (Lipinski definition) is 5. The molecule has 0 saturated carbocycles. The summed E-state index contributed by atoms with van der Waals surface area (Å²) in [6.07, 6.45) is 2.14. The van der Waals surface area contributed by atoms with Crippen LogP contribution in [-0.4, -0.2) is 29.2 Å². The van der Waals surface area contributed by atoms with Gasteiger partial charge in [0, 0.05) is 18.5 Å². The van der Waals surface area contributed by atoms with Crippen molar-refractivity contribution in [2.24, 2.45) is 0 Å². The number of ether oxygens (including phenoxy) is 1. The van der Waals surface area contributed by atoms with Gasteiger partial charge in [0.2, 0.25) is 0 Å². The summed E-state index contributed by atoms with van der Waals surface area (Å²) in [5, 5.41) is 28.4. The molecule has 1 atom stereocenters. The van der Waals surface area contributed by atoms with Crippen LogP contribution in [0.5, 0.6) is 17.2 Å². The van der Waals surface area contributed by atoms with Crippen LogP contribution in [0.4, 0.5) is 4.39 Å². The summed E-state index contributed by atoms with van der Waals surface area (Å²) in [5.74, 6) is -0.520. The lowest BCUT2D eigenvalue weighted by molar-refractivity contribution is -0.107. The van der Waals surface area contributed by atoms with E-state index in [1.54, 1.807) is 6.07 Å². The van der Waals surface area contributed by atoms with E-state index < -0.39 is 17.3 Å². The summed E-state index contributed by atoms with van der Waals surface area (Å²) in [5.41, 5.74) is 1.10. The number of aromatic hydroxyl groups is 1. The number of carboxylic acid groups (broad SMARTS) is 1. The lowest BCUT2D eigenvalue weighted by Crippen LogP contribution is -2.28. The van der Waals surface area contributed by atoms with Crippen molar-refractivity contribution in [3.05, 3.63) is 52.8 Å². The van der Waals surface area contributed by atoms with Crippen molar-refractivity contribution in [2.75, 3.05) is 0 Å². The number of benzene rings is 2. The Morgan fingerprint density at radius 2 is 2.19 bits per heavy atom. The molecule has 0 amide bonds. The summed E-state index contributed by atoms with van der Waals surface area (Å²) in [6, 6.07) is 6.36. The van der Waals surface area contributed by atoms with E-state index in [0.29, 0.717) is 12.7 Å². The number of rotatable bonds is 5. The second kappa shape index (κ2) is 7.50. The van der Waals surface area contributed by atoms with E-state index in [4.69, 9.17) is 9.84 Å². The molecule has 1 heterocycles. The van der Waals surface area contributed by atoms with Crippen molar-refractivity contribution >= 4 is 19.0 Å². The molecule has 6 nitrogen and oxygen atoms in total. The molecular weight excluding hydrogens is 352 g/mol. The zero-order valence-electron chi connectivity index (χ0n) is 14.2. The summed E-state index contributed by atoms with van der Waals surface area (Å²) in [4.78, 5) is 21.9. The molecule has 1 unspecified atom stereocenters. The maximum absolute atomic E-state index is 13.8. The maximum atomic E-state index is 13.8. The predicted octanol–water partition coefficient (Wildman–Crippen LogP) is 3.35. The Bertz CT molecular complexity index is 956. The van der Waals surface area contributed by atoms with Crippen LogP contribution >= 0.6 is 0 Å². The zero-order chi connectivity index (χ0) is 19.6. The van der Waals surface area contributed by atoms with Gasteiger partial charge in [0.25, 0.3) is 6.71 Å². The predicted molar refractivity (Wildman–Crippen MR) is 94.8 cm³/mol. The van der Waals surface area contributed by atoms with Gasteiger partial charge in [-0.3, -0.25) is 0 Å². The van der Waals surface area contributed by atoms with Crippen molar-refractivity contribution < 1.29 is 28.9 Å². The summed E-state index contributed by atoms with van der Waals surface area (Å²) < 4.78 is 19.4. The second-order valence-corrected chi connectivity index (χ2v) is 6.35. The minimum atomic E-state index is -1.39. The van der Waals surface area contributed by atoms with Gasteiger partial charge in [-0.15, -0.1) is 0 Å². The van der Waals surface area contributed by atoms with Crippen molar-refractivity contribution in [3.8, 4) is 23.2 Å². The Morgan fingerprint density at radius 1 is 1.41 bits per heavy atom. The standard InChI is InChI=1S/C19H15BFNO5/c21-16-8-12(1-2-13(16)19(25)26)27-18-9-14-11(7-17(18)24)3-5-20(10-22)15(14)4-6-23/h1-2,6-9,15,24H,3-5H2,(H,25,26). The highest BCUT2D eigenvalue weighted by Gasteiger charge is 2.34. The summed E-state index contributed by atoms with van der Waals surface area (Å²) in [6.45, 7) is -0.313. The Balaban J connectivity index is 1.97. The molecule has 1 aliphatic heterocycles. The molecule has 0 saturated heterocycles. The highest BCUT2D eigenvalue weighted by molar-refractivity contribution is 6.68. The van der Waals surface area contributed by atoms with E-state index in [1.165, 1.54) is 12.1 Å². The number of fused-ring (bicyclic) bond motifs is 1. The summed E-state index contributed by atoms with van der Waals surface area (Å²) >= 11 is 0. The van der Waals surface area contributed by atoms with Gasteiger partial charge < -0.3 is 19.7 Å². The van der Waals surface area contributed by atoms with E-state index in [1.807, 2.05) is 0 Å². The molecule has 1 aliphatic rings. The third-order valence-electron chi connectivity index (χ3n) is 4.75. The van der Waals surface area contributed by atoms with Crippen LogP contribution in [0.25, 0.3) is 0 Å². The number of carboxylic acids is 1. The van der Waals surface area contributed by atoms with Gasteiger partial charge in [-0.2, -0.15) is 0 Å². The first-order valence-corrected chi connectivity index (χ1v) is 8.34. The van der Waals surface area contributed by atoms with E-state index >= 15 is 0 Å². The van der Waals surface area contributed by atoms with Crippen LogP contribution in [0.2, 0.25) is 6.32 Å². The molecule has 0 radical (unpaired) electrons. The van der Waals surface area contributed by atoms with E-state index in [9.17, 15) is 24.3 Å². The van der Waals surface area contributed by atoms with Gasteiger partial charge in [0.05, 0.1) is 5.56 Å². The fourth-order valence-corrected chi connectivity index (χ4v) is 3.41. The third kappa shape index (κ3) is 3.63. The van der Waals surface area contributed by atoms with Crippen LogP contribution in [-0.2, 0) is 11.2 Å². The van der Waals surface area contributed by atoms with E-state index in [-0.39, 0.29) is 36.2 Å². The largest absolute Gasteiger partial charge is 0.504 e. The number of nitrogens with zero attached hydrogens (tertiary/aromatic N) is 1. The number of hydrogen-bond donors (Lipinski definition) is 2. The number of aldehydes is 1. The topological polar surface area (TPSA) is 108 Å². The number of aryl methyl sites for hydroxylation is 1. The van der Waals surface area contributed by atoms with Gasteiger partial charge in [0.1, 0.15) is 17.9 Å². The van der Waals surface area contributed by atoms with Crippen LogP contribution in [0.3, 0.4) is 0 Å². The first-order chi connectivity index (χ1) is 12.9. The Labute approximate surface area is 154 Å².